The molecule has 1 rings (SSSR count). The smallest absolute Gasteiger partial charge is 0.261 e. The molecule has 1 amide bonds. The molecule has 0 saturated carbocycles. The van der Waals surface area contributed by atoms with E-state index in [1.54, 1.807) is 6.08 Å². The highest BCUT2D eigenvalue weighted by atomic mass is 127. The second-order valence-corrected chi connectivity index (χ2v) is 3.93. The maximum Gasteiger partial charge on any atom is 0.261 e. The van der Waals surface area contributed by atoms with E-state index in [9.17, 15) is 4.79 Å². The zero-order valence-electron chi connectivity index (χ0n) is 8.12. The van der Waals surface area contributed by atoms with Crippen LogP contribution in [0.5, 0.6) is 0 Å². The van der Waals surface area contributed by atoms with Crippen molar-refractivity contribution in [2.75, 3.05) is 7.05 Å². The molecule has 1 N–H and O–H groups in total. The molecule has 0 radical (unpaired) electrons. The molecular weight excluding hydrogens is 303 g/mol. The second-order valence-electron chi connectivity index (χ2n) is 2.77. The van der Waals surface area contributed by atoms with Crippen LogP contribution in [-0.4, -0.2) is 13.0 Å². The maximum atomic E-state index is 11.3. The molecular formula is C11H9IN2O. The first-order valence-electron chi connectivity index (χ1n) is 4.27. The highest BCUT2D eigenvalue weighted by molar-refractivity contribution is 14.1. The first kappa shape index (κ1) is 11.7. The number of nitrogens with zero attached hydrogens (tertiary/aromatic N) is 1. The van der Waals surface area contributed by atoms with Crippen LogP contribution in [0, 0.1) is 14.9 Å². The van der Waals surface area contributed by atoms with Crippen LogP contribution in [0.3, 0.4) is 0 Å². The number of nitrogens with one attached hydrogen (secondary N) is 1. The maximum absolute atomic E-state index is 11.3. The second kappa shape index (κ2) is 5.51. The molecule has 0 spiro atoms. The number of hydrogen-bond acceptors (Lipinski definition) is 2. The third-order valence-electron chi connectivity index (χ3n) is 1.80. The molecule has 0 fully saturated rings. The summed E-state index contributed by atoms with van der Waals surface area (Å²) in [6.07, 6.45) is 1.58. The first-order chi connectivity index (χ1) is 7.19. The number of nitriles is 1. The van der Waals surface area contributed by atoms with E-state index in [4.69, 9.17) is 5.26 Å². The van der Waals surface area contributed by atoms with E-state index in [1.165, 1.54) is 7.05 Å². The third kappa shape index (κ3) is 3.06. The van der Waals surface area contributed by atoms with Gasteiger partial charge < -0.3 is 5.32 Å². The Bertz CT molecular complexity index is 446. The van der Waals surface area contributed by atoms with Crippen LogP contribution in [-0.2, 0) is 4.79 Å². The molecule has 0 aliphatic heterocycles. The lowest BCUT2D eigenvalue weighted by molar-refractivity contribution is -0.116. The number of amides is 1. The fourth-order valence-corrected chi connectivity index (χ4v) is 1.57. The van der Waals surface area contributed by atoms with Gasteiger partial charge >= 0.3 is 0 Å². The SMILES string of the molecule is CNC(=O)C(C#N)=Cc1ccccc1I. The molecule has 0 unspecified atom stereocenters. The van der Waals surface area contributed by atoms with Crippen molar-refractivity contribution in [1.29, 1.82) is 5.26 Å². The Morgan fingerprint density at radius 3 is 2.73 bits per heavy atom. The zero-order chi connectivity index (χ0) is 11.3. The van der Waals surface area contributed by atoms with Gasteiger partial charge in [0.25, 0.3) is 5.91 Å². The molecule has 0 bridgehead atoms. The van der Waals surface area contributed by atoms with Crippen LogP contribution in [0.1, 0.15) is 5.56 Å². The molecule has 0 heterocycles. The van der Waals surface area contributed by atoms with Gasteiger partial charge in [-0.3, -0.25) is 4.79 Å². The summed E-state index contributed by atoms with van der Waals surface area (Å²) in [6.45, 7) is 0. The van der Waals surface area contributed by atoms with Gasteiger partial charge in [-0.15, -0.1) is 0 Å². The molecule has 76 valence electrons. The van der Waals surface area contributed by atoms with Gasteiger partial charge in [0.2, 0.25) is 0 Å². The summed E-state index contributed by atoms with van der Waals surface area (Å²) in [5, 5.41) is 11.2. The monoisotopic (exact) mass is 312 g/mol. The van der Waals surface area contributed by atoms with Crippen molar-refractivity contribution in [1.82, 2.24) is 5.32 Å². The third-order valence-corrected chi connectivity index (χ3v) is 2.78. The normalized spacial score (nSPS) is 10.6. The lowest BCUT2D eigenvalue weighted by atomic mass is 10.1. The van der Waals surface area contributed by atoms with Gasteiger partial charge in [-0.05, 0) is 40.3 Å². The highest BCUT2D eigenvalue weighted by Crippen LogP contribution is 2.14. The predicted molar refractivity (Wildman–Crippen MR) is 66.8 cm³/mol. The number of benzene rings is 1. The molecule has 0 aliphatic carbocycles. The average Bonchev–Trinajstić information content (AvgIpc) is 2.27. The Morgan fingerprint density at radius 1 is 1.53 bits per heavy atom. The average molecular weight is 312 g/mol. The van der Waals surface area contributed by atoms with Crippen molar-refractivity contribution in [2.45, 2.75) is 0 Å². The lowest BCUT2D eigenvalue weighted by Gasteiger charge is -1.99. The molecule has 1 aromatic carbocycles. The lowest BCUT2D eigenvalue weighted by Crippen LogP contribution is -2.19. The molecule has 3 nitrogen and oxygen atoms in total. The minimum Gasteiger partial charge on any atom is -0.354 e. The largest absolute Gasteiger partial charge is 0.354 e. The van der Waals surface area contributed by atoms with E-state index in [-0.39, 0.29) is 11.5 Å². The summed E-state index contributed by atoms with van der Waals surface area (Å²) in [6, 6.07) is 9.43. The van der Waals surface area contributed by atoms with Crippen molar-refractivity contribution in [3.8, 4) is 6.07 Å². The van der Waals surface area contributed by atoms with Gasteiger partial charge in [-0.25, -0.2) is 0 Å². The van der Waals surface area contributed by atoms with Crippen LogP contribution in [0.15, 0.2) is 29.8 Å². The molecule has 0 atom stereocenters. The molecule has 4 heteroatoms. The summed E-state index contributed by atoms with van der Waals surface area (Å²) < 4.78 is 1.01. The van der Waals surface area contributed by atoms with E-state index >= 15 is 0 Å². The quantitative estimate of drug-likeness (QED) is 0.515. The van der Waals surface area contributed by atoms with Crippen LogP contribution in [0.25, 0.3) is 6.08 Å². The number of likely N-dealkylation sites (N-methyl/N-ethyl adjacent to an activating group) is 1. The van der Waals surface area contributed by atoms with Gasteiger partial charge in [0, 0.05) is 10.6 Å². The summed E-state index contributed by atoms with van der Waals surface area (Å²) in [5.41, 5.74) is 0.986. The number of halogens is 1. The van der Waals surface area contributed by atoms with Crippen molar-refractivity contribution < 1.29 is 4.79 Å². The Balaban J connectivity index is 3.11. The van der Waals surface area contributed by atoms with E-state index in [0.29, 0.717) is 0 Å². The van der Waals surface area contributed by atoms with Gasteiger partial charge in [-0.1, -0.05) is 18.2 Å². The number of hydrogen-bond donors (Lipinski definition) is 1. The van der Waals surface area contributed by atoms with Gasteiger partial charge in [0.1, 0.15) is 11.6 Å². The number of carbonyl (C=O) groups is 1. The fraction of sp³-hybridized carbons (Fsp3) is 0.0909. The minimum atomic E-state index is -0.364. The Hall–Kier alpha value is -1.35. The summed E-state index contributed by atoms with van der Waals surface area (Å²) in [7, 11) is 1.50. The van der Waals surface area contributed by atoms with E-state index in [1.807, 2.05) is 30.3 Å². The van der Waals surface area contributed by atoms with Crippen LogP contribution in [0.4, 0.5) is 0 Å². The van der Waals surface area contributed by atoms with Gasteiger partial charge in [-0.2, -0.15) is 5.26 Å². The van der Waals surface area contributed by atoms with Crippen molar-refractivity contribution in [2.24, 2.45) is 0 Å². The number of carbonyl (C=O) groups excluding carboxylic acids is 1. The van der Waals surface area contributed by atoms with Gasteiger partial charge in [0.05, 0.1) is 0 Å². The Morgan fingerprint density at radius 2 is 2.20 bits per heavy atom. The van der Waals surface area contributed by atoms with E-state index < -0.39 is 0 Å². The van der Waals surface area contributed by atoms with Crippen molar-refractivity contribution in [3.05, 3.63) is 39.0 Å². The Kier molecular flexibility index (Phi) is 4.31. The summed E-state index contributed by atoms with van der Waals surface area (Å²) >= 11 is 2.16. The van der Waals surface area contributed by atoms with E-state index in [0.717, 1.165) is 9.13 Å². The van der Waals surface area contributed by atoms with Crippen LogP contribution >= 0.6 is 22.6 Å². The molecule has 0 aromatic heterocycles. The topological polar surface area (TPSA) is 52.9 Å². The van der Waals surface area contributed by atoms with Crippen LogP contribution < -0.4 is 5.32 Å². The molecule has 1 aromatic rings. The van der Waals surface area contributed by atoms with E-state index in [2.05, 4.69) is 27.9 Å². The fourth-order valence-electron chi connectivity index (χ4n) is 1.03. The van der Waals surface area contributed by atoms with Crippen LogP contribution in [0.2, 0.25) is 0 Å². The summed E-state index contributed by atoms with van der Waals surface area (Å²) in [4.78, 5) is 11.3. The van der Waals surface area contributed by atoms with Crippen molar-refractivity contribution in [3.63, 3.8) is 0 Å². The van der Waals surface area contributed by atoms with Gasteiger partial charge in [0.15, 0.2) is 0 Å². The first-order valence-corrected chi connectivity index (χ1v) is 5.35. The molecule has 0 aliphatic rings. The minimum absolute atomic E-state index is 0.113. The highest BCUT2D eigenvalue weighted by Gasteiger charge is 2.06. The standard InChI is InChI=1S/C11H9IN2O/c1-14-11(15)9(7-13)6-8-4-2-3-5-10(8)12/h2-6H,1H3,(H,14,15). The summed E-state index contributed by atoms with van der Waals surface area (Å²) in [5.74, 6) is -0.364. The Labute approximate surface area is 102 Å². The molecule has 15 heavy (non-hydrogen) atoms. The number of rotatable bonds is 2. The molecule has 0 saturated heterocycles. The van der Waals surface area contributed by atoms with Crippen molar-refractivity contribution >= 4 is 34.6 Å². The zero-order valence-corrected chi connectivity index (χ0v) is 10.3. The predicted octanol–water partition coefficient (Wildman–Crippen LogP) is 1.94.